The van der Waals surface area contributed by atoms with Crippen LogP contribution in [-0.4, -0.2) is 167 Å². The van der Waals surface area contributed by atoms with Gasteiger partial charge in [0.25, 0.3) is 0 Å². The number of hydrogen-bond donors (Lipinski definition) is 10. The Balaban J connectivity index is 3.30. The zero-order valence-electron chi connectivity index (χ0n) is 52.6. The van der Waals surface area contributed by atoms with Gasteiger partial charge in [0, 0.05) is 38.5 Å². The second kappa shape index (κ2) is 35.6. The number of hydrogen-bond acceptors (Lipinski definition) is 12. The summed E-state index contributed by atoms with van der Waals surface area (Å²) in [6.45, 7) is 26.5. The van der Waals surface area contributed by atoms with Gasteiger partial charge < -0.3 is 62.8 Å². The summed E-state index contributed by atoms with van der Waals surface area (Å²) >= 11 is 0. The van der Waals surface area contributed by atoms with Crippen molar-refractivity contribution >= 4 is 59.1 Å². The fourth-order valence-corrected chi connectivity index (χ4v) is 9.48. The molecule has 10 N–H and O–H groups in total. The highest BCUT2D eigenvalue weighted by Gasteiger charge is 2.42. The lowest BCUT2D eigenvalue weighted by Crippen LogP contribution is -2.66. The van der Waals surface area contributed by atoms with Gasteiger partial charge in [0.1, 0.15) is 46.8 Å². The zero-order chi connectivity index (χ0) is 62.0. The average Bonchev–Trinajstić information content (AvgIpc) is 3.85. The minimum atomic E-state index is -1.75. The van der Waals surface area contributed by atoms with Crippen LogP contribution in [0.3, 0.4) is 0 Å². The highest BCUT2D eigenvalue weighted by molar-refractivity contribution is 6.00. The van der Waals surface area contributed by atoms with Gasteiger partial charge in [0.05, 0.1) is 6.10 Å². The summed E-state index contributed by atoms with van der Waals surface area (Å²) in [6.07, 6.45) is 8.54. The van der Waals surface area contributed by atoms with E-state index in [2.05, 4.69) is 54.8 Å². The third-order valence-electron chi connectivity index (χ3n) is 14.3. The highest BCUT2D eigenvalue weighted by Crippen LogP contribution is 2.21. The van der Waals surface area contributed by atoms with Crippen molar-refractivity contribution in [3.8, 4) is 0 Å². The fraction of sp³-hybridized carbons (Fsp3) is 0.831. The molecule has 81 heavy (non-hydrogen) atoms. The minimum absolute atomic E-state index is 0.0225. The Hall–Kier alpha value is -5.38. The molecule has 0 radical (unpaired) electrons. The standard InChI is InChI=1S/C59H109N11O11/c1-18-20-22-23-24-26-28-41(62-52(77)44-29-27-33-70(44)46(72)30-25-21-19-2)49(74)65-47(48(73)39(7)8)53(78)67-58(12,13)55(80)64-42(34-37(3)4)50(75)63-43(35-38(5)6)51(76)66-59(14,15)56(81)68-57(10,11)54(79)60-32-31-45(71)61-40(9)36-69(16)17/h37-44,47-48,73H,18-36H2,1-17H3,(H,60,79)(H,61,71)(H,62,77)(H,63,75)(H,64,80)(H,65,74)(H,66,76)(H,67,78)(H,68,81)/t40-,41-,42-,43-,44-,47-,48+/m0/s1. The number of likely N-dealkylation sites (tertiary alicyclic amines) is 1. The van der Waals surface area contributed by atoms with Crippen LogP contribution < -0.4 is 47.9 Å². The van der Waals surface area contributed by atoms with Crippen molar-refractivity contribution < 1.29 is 53.1 Å². The molecule has 22 heteroatoms. The molecule has 0 aliphatic carbocycles. The molecule has 10 amide bonds. The lowest BCUT2D eigenvalue weighted by Gasteiger charge is -2.34. The molecule has 0 aromatic heterocycles. The van der Waals surface area contributed by atoms with Crippen LogP contribution in [0.5, 0.6) is 0 Å². The highest BCUT2D eigenvalue weighted by atomic mass is 16.3. The number of likely N-dealkylation sites (N-methyl/N-ethyl adjacent to an activating group) is 1. The summed E-state index contributed by atoms with van der Waals surface area (Å²) in [7, 11) is 3.79. The molecule has 466 valence electrons. The Bertz CT molecular complexity index is 2060. The maximum Gasteiger partial charge on any atom is 0.246 e. The normalized spacial score (nSPS) is 16.2. The quantitative estimate of drug-likeness (QED) is 0.0397. The van der Waals surface area contributed by atoms with Crippen LogP contribution in [0.2, 0.25) is 0 Å². The molecule has 1 rings (SSSR count). The molecule has 0 aromatic rings. The second-order valence-electron chi connectivity index (χ2n) is 25.4. The molecule has 0 saturated carbocycles. The number of carbonyl (C=O) groups is 10. The van der Waals surface area contributed by atoms with Crippen molar-refractivity contribution in [3.05, 3.63) is 0 Å². The van der Waals surface area contributed by atoms with Gasteiger partial charge in [-0.15, -0.1) is 0 Å². The molecule has 0 bridgehead atoms. The number of rotatable bonds is 38. The van der Waals surface area contributed by atoms with Gasteiger partial charge >= 0.3 is 0 Å². The van der Waals surface area contributed by atoms with Gasteiger partial charge in [-0.3, -0.25) is 47.9 Å². The molecule has 1 fully saturated rings. The first-order valence-electron chi connectivity index (χ1n) is 30.0. The predicted molar refractivity (Wildman–Crippen MR) is 315 cm³/mol. The number of amides is 10. The third kappa shape index (κ3) is 27.0. The Morgan fingerprint density at radius 3 is 1.65 bits per heavy atom. The molecule has 0 aromatic carbocycles. The van der Waals surface area contributed by atoms with Gasteiger partial charge in [0.15, 0.2) is 0 Å². The minimum Gasteiger partial charge on any atom is -0.390 e. The van der Waals surface area contributed by atoms with E-state index in [0.29, 0.717) is 45.2 Å². The Morgan fingerprint density at radius 2 is 1.09 bits per heavy atom. The van der Waals surface area contributed by atoms with Crippen molar-refractivity contribution in [2.24, 2.45) is 17.8 Å². The van der Waals surface area contributed by atoms with E-state index in [1.54, 1.807) is 18.7 Å². The van der Waals surface area contributed by atoms with Crippen molar-refractivity contribution in [2.75, 3.05) is 33.7 Å². The summed E-state index contributed by atoms with van der Waals surface area (Å²) in [4.78, 5) is 141. The average molecular weight is 1150 g/mol. The summed E-state index contributed by atoms with van der Waals surface area (Å²) in [6, 6.07) is -5.92. The molecule has 1 aliphatic heterocycles. The summed E-state index contributed by atoms with van der Waals surface area (Å²) < 4.78 is 0. The molecule has 7 atom stereocenters. The van der Waals surface area contributed by atoms with Crippen LogP contribution in [0.4, 0.5) is 0 Å². The number of carbonyl (C=O) groups excluding carboxylic acids is 10. The fourth-order valence-electron chi connectivity index (χ4n) is 9.48. The number of unbranched alkanes of at least 4 members (excludes halogenated alkanes) is 7. The first-order chi connectivity index (χ1) is 37.6. The number of aliphatic hydroxyl groups excluding tert-OH is 1. The van der Waals surface area contributed by atoms with E-state index in [9.17, 15) is 53.1 Å². The van der Waals surface area contributed by atoms with E-state index in [1.165, 1.54) is 41.5 Å². The Morgan fingerprint density at radius 1 is 0.568 bits per heavy atom. The molecule has 0 spiro atoms. The van der Waals surface area contributed by atoms with Crippen molar-refractivity contribution in [1.82, 2.24) is 57.7 Å². The third-order valence-corrected chi connectivity index (χ3v) is 14.3. The van der Waals surface area contributed by atoms with E-state index < -0.39 is 106 Å². The molecular weight excluding hydrogens is 1040 g/mol. The lowest BCUT2D eigenvalue weighted by atomic mass is 9.95. The molecule has 0 unspecified atom stereocenters. The lowest BCUT2D eigenvalue weighted by molar-refractivity contribution is -0.141. The maximum absolute atomic E-state index is 14.3. The smallest absolute Gasteiger partial charge is 0.246 e. The monoisotopic (exact) mass is 1150 g/mol. The van der Waals surface area contributed by atoms with Crippen molar-refractivity contribution in [3.63, 3.8) is 0 Å². The zero-order valence-corrected chi connectivity index (χ0v) is 52.6. The first kappa shape index (κ1) is 73.6. The molecule has 1 heterocycles. The number of aliphatic hydroxyl groups is 1. The van der Waals surface area contributed by atoms with E-state index in [1.807, 2.05) is 60.5 Å². The van der Waals surface area contributed by atoms with Crippen LogP contribution in [0.15, 0.2) is 0 Å². The second-order valence-corrected chi connectivity index (χ2v) is 25.4. The van der Waals surface area contributed by atoms with Crippen LogP contribution in [0, 0.1) is 17.8 Å². The van der Waals surface area contributed by atoms with Crippen LogP contribution in [0.25, 0.3) is 0 Å². The SMILES string of the molecule is CCCCCCCC[C@H](NC(=O)[C@@H]1CCCN1C(=O)CCCCC)C(=O)N[C@H](C(=O)NC(C)(C)C(=O)N[C@@H](CC(C)C)C(=O)N[C@@H](CC(C)C)C(=O)NC(C)(C)C(=O)NC(C)(C)C(=O)NCCC(=O)N[C@@H](C)CN(C)C)[C@H](O)C(C)C. The molecular formula is C59H109N11O11. The number of nitrogens with one attached hydrogen (secondary N) is 9. The predicted octanol–water partition coefficient (Wildman–Crippen LogP) is 3.61. The van der Waals surface area contributed by atoms with Gasteiger partial charge in [0.2, 0.25) is 59.1 Å². The van der Waals surface area contributed by atoms with Crippen LogP contribution in [0.1, 0.15) is 207 Å². The first-order valence-corrected chi connectivity index (χ1v) is 30.0. The van der Waals surface area contributed by atoms with E-state index in [0.717, 1.165) is 44.9 Å². The summed E-state index contributed by atoms with van der Waals surface area (Å²) in [5, 5.41) is 36.2. The topological polar surface area (TPSA) is 306 Å². The Kier molecular flexibility index (Phi) is 32.3. The van der Waals surface area contributed by atoms with Crippen molar-refractivity contribution in [2.45, 2.75) is 266 Å². The molecule has 22 nitrogen and oxygen atoms in total. The van der Waals surface area contributed by atoms with Crippen LogP contribution in [-0.2, 0) is 47.9 Å². The maximum atomic E-state index is 14.3. The van der Waals surface area contributed by atoms with E-state index in [4.69, 9.17) is 0 Å². The van der Waals surface area contributed by atoms with Gasteiger partial charge in [-0.1, -0.05) is 107 Å². The van der Waals surface area contributed by atoms with Crippen LogP contribution >= 0.6 is 0 Å². The molecule has 1 saturated heterocycles. The molecule has 1 aliphatic rings. The summed E-state index contributed by atoms with van der Waals surface area (Å²) in [5.41, 5.74) is -4.80. The van der Waals surface area contributed by atoms with E-state index in [-0.39, 0.29) is 61.9 Å². The van der Waals surface area contributed by atoms with Gasteiger partial charge in [-0.25, -0.2) is 0 Å². The summed E-state index contributed by atoms with van der Waals surface area (Å²) in [5.74, 6) is -6.68. The Labute approximate surface area is 485 Å². The largest absolute Gasteiger partial charge is 0.390 e. The van der Waals surface area contributed by atoms with E-state index >= 15 is 0 Å². The number of nitrogens with zero attached hydrogens (tertiary/aromatic N) is 2. The van der Waals surface area contributed by atoms with Crippen molar-refractivity contribution in [1.29, 1.82) is 0 Å². The van der Waals surface area contributed by atoms with Gasteiger partial charge in [-0.2, -0.15) is 0 Å². The van der Waals surface area contributed by atoms with Gasteiger partial charge in [-0.05, 0) is 119 Å².